The van der Waals surface area contributed by atoms with E-state index in [0.717, 1.165) is 12.1 Å². The van der Waals surface area contributed by atoms with E-state index in [9.17, 15) is 0 Å². The van der Waals surface area contributed by atoms with Crippen molar-refractivity contribution in [1.29, 1.82) is 0 Å². The van der Waals surface area contributed by atoms with E-state index >= 15 is 0 Å². The molecule has 1 saturated carbocycles. The minimum atomic E-state index is 0.386. The molecule has 0 aliphatic heterocycles. The predicted molar refractivity (Wildman–Crippen MR) is 64.0 cm³/mol. The van der Waals surface area contributed by atoms with Crippen molar-refractivity contribution < 1.29 is 0 Å². The third kappa shape index (κ3) is 2.21. The summed E-state index contributed by atoms with van der Waals surface area (Å²) < 4.78 is 1.97. The average molecular weight is 225 g/mol. The Morgan fingerprint density at radius 3 is 2.73 bits per heavy atom. The van der Waals surface area contributed by atoms with Crippen LogP contribution in [0.1, 0.15) is 25.5 Å². The van der Waals surface area contributed by atoms with Gasteiger partial charge in [0.05, 0.1) is 10.7 Å². The smallest absolute Gasteiger partial charge is 0.0942 e. The molecule has 1 aliphatic carbocycles. The Morgan fingerprint density at radius 2 is 2.27 bits per heavy atom. The Morgan fingerprint density at radius 1 is 1.53 bits per heavy atom. The molecule has 3 atom stereocenters. The second-order valence-corrected chi connectivity index (χ2v) is 5.76. The van der Waals surface area contributed by atoms with Crippen molar-refractivity contribution in [2.24, 2.45) is 18.7 Å². The Kier molecular flexibility index (Phi) is 3.07. The molecule has 84 valence electrons. The molecule has 3 nitrogen and oxygen atoms in total. The number of thioether (sulfide) groups is 1. The zero-order valence-electron chi connectivity index (χ0n) is 9.60. The number of hydrogen-bond donors (Lipinski definition) is 1. The highest BCUT2D eigenvalue weighted by Crippen LogP contribution is 2.38. The molecule has 2 N–H and O–H groups in total. The molecule has 0 radical (unpaired) electrons. The van der Waals surface area contributed by atoms with Gasteiger partial charge >= 0.3 is 0 Å². The molecule has 4 heteroatoms. The Hall–Kier alpha value is -0.480. The molecule has 0 amide bonds. The van der Waals surface area contributed by atoms with Crippen LogP contribution in [0.25, 0.3) is 0 Å². The number of aromatic nitrogens is 2. The van der Waals surface area contributed by atoms with Gasteiger partial charge in [-0.2, -0.15) is 5.10 Å². The van der Waals surface area contributed by atoms with Crippen LogP contribution >= 0.6 is 11.8 Å². The molecule has 1 heterocycles. The second-order valence-electron chi connectivity index (χ2n) is 4.50. The SMILES string of the molecule is Cc1cc(SC2CCC(N)C2C)n(C)n1. The Balaban J connectivity index is 2.06. The molecule has 1 aliphatic rings. The van der Waals surface area contributed by atoms with Gasteiger partial charge in [0, 0.05) is 18.3 Å². The molecule has 0 saturated heterocycles. The molecule has 0 bridgehead atoms. The van der Waals surface area contributed by atoms with Gasteiger partial charge in [-0.3, -0.25) is 4.68 Å². The van der Waals surface area contributed by atoms with Crippen LogP contribution in [-0.4, -0.2) is 21.1 Å². The first kappa shape index (κ1) is 11.0. The molecule has 1 fully saturated rings. The lowest BCUT2D eigenvalue weighted by Gasteiger charge is -2.17. The van der Waals surface area contributed by atoms with E-state index in [1.807, 2.05) is 30.4 Å². The largest absolute Gasteiger partial charge is 0.327 e. The van der Waals surface area contributed by atoms with Crippen LogP contribution in [0.3, 0.4) is 0 Å². The van der Waals surface area contributed by atoms with Crippen LogP contribution in [0.5, 0.6) is 0 Å². The van der Waals surface area contributed by atoms with Gasteiger partial charge in [0.2, 0.25) is 0 Å². The van der Waals surface area contributed by atoms with E-state index in [4.69, 9.17) is 5.73 Å². The van der Waals surface area contributed by atoms with Crippen LogP contribution in [0.4, 0.5) is 0 Å². The summed E-state index contributed by atoms with van der Waals surface area (Å²) in [5, 5.41) is 6.29. The van der Waals surface area contributed by atoms with E-state index in [1.54, 1.807) is 0 Å². The van der Waals surface area contributed by atoms with Gasteiger partial charge in [-0.25, -0.2) is 0 Å². The topological polar surface area (TPSA) is 43.8 Å². The quantitative estimate of drug-likeness (QED) is 0.836. The lowest BCUT2D eigenvalue weighted by atomic mass is 10.1. The number of hydrogen-bond acceptors (Lipinski definition) is 3. The maximum atomic E-state index is 6.03. The van der Waals surface area contributed by atoms with E-state index in [-0.39, 0.29) is 0 Å². The van der Waals surface area contributed by atoms with Gasteiger partial charge in [0.1, 0.15) is 0 Å². The van der Waals surface area contributed by atoms with Gasteiger partial charge < -0.3 is 5.73 Å². The average Bonchev–Trinajstić information content (AvgIpc) is 2.64. The maximum Gasteiger partial charge on any atom is 0.0942 e. The highest BCUT2D eigenvalue weighted by Gasteiger charge is 2.31. The number of rotatable bonds is 2. The van der Waals surface area contributed by atoms with E-state index in [1.165, 1.54) is 11.4 Å². The van der Waals surface area contributed by atoms with Crippen LogP contribution in [0, 0.1) is 12.8 Å². The summed E-state index contributed by atoms with van der Waals surface area (Å²) in [4.78, 5) is 0. The van der Waals surface area contributed by atoms with Gasteiger partial charge in [-0.05, 0) is 31.7 Å². The third-order valence-corrected chi connectivity index (χ3v) is 4.87. The van der Waals surface area contributed by atoms with Crippen molar-refractivity contribution in [2.45, 2.75) is 43.0 Å². The molecule has 1 aromatic heterocycles. The fourth-order valence-corrected chi connectivity index (χ4v) is 3.59. The highest BCUT2D eigenvalue weighted by molar-refractivity contribution is 7.99. The lowest BCUT2D eigenvalue weighted by molar-refractivity contribution is 0.534. The van der Waals surface area contributed by atoms with Crippen LogP contribution in [0.2, 0.25) is 0 Å². The normalized spacial score (nSPS) is 31.1. The van der Waals surface area contributed by atoms with Crippen molar-refractivity contribution in [1.82, 2.24) is 9.78 Å². The number of nitrogens with zero attached hydrogens (tertiary/aromatic N) is 2. The lowest BCUT2D eigenvalue weighted by Crippen LogP contribution is -2.26. The summed E-state index contributed by atoms with van der Waals surface area (Å²) >= 11 is 1.93. The zero-order chi connectivity index (χ0) is 11.0. The van der Waals surface area contributed by atoms with Gasteiger partial charge in [0.25, 0.3) is 0 Å². The summed E-state index contributed by atoms with van der Waals surface area (Å²) in [5.41, 5.74) is 7.12. The Bertz CT molecular complexity index is 348. The fourth-order valence-electron chi connectivity index (χ4n) is 2.18. The minimum absolute atomic E-state index is 0.386. The van der Waals surface area contributed by atoms with Gasteiger partial charge in [-0.15, -0.1) is 11.8 Å². The summed E-state index contributed by atoms with van der Waals surface area (Å²) in [6, 6.07) is 2.54. The standard InChI is InChI=1S/C11H19N3S/c1-7-6-11(14(3)13-7)15-10-5-4-9(12)8(10)2/h6,8-10H,4-5,12H2,1-3H3. The van der Waals surface area contributed by atoms with Crippen molar-refractivity contribution in [3.05, 3.63) is 11.8 Å². The van der Waals surface area contributed by atoms with Crippen molar-refractivity contribution in [3.63, 3.8) is 0 Å². The highest BCUT2D eigenvalue weighted by atomic mass is 32.2. The van der Waals surface area contributed by atoms with Crippen LogP contribution in [-0.2, 0) is 7.05 Å². The molecule has 2 rings (SSSR count). The first-order valence-corrected chi connectivity index (χ1v) is 6.39. The Labute approximate surface area is 95.4 Å². The van der Waals surface area contributed by atoms with Gasteiger partial charge in [0.15, 0.2) is 0 Å². The number of aryl methyl sites for hydroxylation is 2. The molecular formula is C11H19N3S. The van der Waals surface area contributed by atoms with Crippen LogP contribution < -0.4 is 5.73 Å². The fraction of sp³-hybridized carbons (Fsp3) is 0.727. The van der Waals surface area contributed by atoms with Crippen molar-refractivity contribution >= 4 is 11.8 Å². The van der Waals surface area contributed by atoms with E-state index in [2.05, 4.69) is 18.1 Å². The molecule has 0 aromatic carbocycles. The molecule has 0 spiro atoms. The summed E-state index contributed by atoms with van der Waals surface area (Å²) in [6.07, 6.45) is 2.40. The summed E-state index contributed by atoms with van der Waals surface area (Å²) in [6.45, 7) is 4.30. The number of nitrogens with two attached hydrogens (primary N) is 1. The van der Waals surface area contributed by atoms with Gasteiger partial charge in [-0.1, -0.05) is 6.92 Å². The summed E-state index contributed by atoms with van der Waals surface area (Å²) in [5.74, 6) is 0.616. The van der Waals surface area contributed by atoms with Crippen molar-refractivity contribution in [2.75, 3.05) is 0 Å². The molecule has 15 heavy (non-hydrogen) atoms. The zero-order valence-corrected chi connectivity index (χ0v) is 10.4. The molecular weight excluding hydrogens is 206 g/mol. The first-order valence-electron chi connectivity index (χ1n) is 5.51. The minimum Gasteiger partial charge on any atom is -0.327 e. The van der Waals surface area contributed by atoms with Crippen LogP contribution in [0.15, 0.2) is 11.1 Å². The third-order valence-electron chi connectivity index (χ3n) is 3.28. The second kappa shape index (κ2) is 4.18. The molecule has 1 aromatic rings. The van der Waals surface area contributed by atoms with E-state index in [0.29, 0.717) is 17.2 Å². The van der Waals surface area contributed by atoms with E-state index < -0.39 is 0 Å². The monoisotopic (exact) mass is 225 g/mol. The predicted octanol–water partition coefficient (Wildman–Crippen LogP) is 1.95. The van der Waals surface area contributed by atoms with Crippen molar-refractivity contribution in [3.8, 4) is 0 Å². The summed E-state index contributed by atoms with van der Waals surface area (Å²) in [7, 11) is 2.01. The molecule has 3 unspecified atom stereocenters. The first-order chi connectivity index (χ1) is 7.08. The maximum absolute atomic E-state index is 6.03.